The molecule has 0 atom stereocenters. The van der Waals surface area contributed by atoms with Gasteiger partial charge in [0.25, 0.3) is 5.91 Å². The highest BCUT2D eigenvalue weighted by Crippen LogP contribution is 2.26. The lowest BCUT2D eigenvalue weighted by molar-refractivity contribution is 0.102. The van der Waals surface area contributed by atoms with Gasteiger partial charge >= 0.3 is 0 Å². The van der Waals surface area contributed by atoms with Crippen LogP contribution in [0.15, 0.2) is 58.9 Å². The second-order valence-electron chi connectivity index (χ2n) is 5.28. The zero-order valence-corrected chi connectivity index (χ0v) is 17.1. The number of nitrogens with zero attached hydrogens (tertiary/aromatic N) is 2. The first-order chi connectivity index (χ1) is 12.2. The summed E-state index contributed by atoms with van der Waals surface area (Å²) in [7, 11) is 0. The number of carbonyl (C=O) groups excluding carboxylic acids is 1. The molecule has 1 N–H and O–H groups in total. The Morgan fingerprint density at radius 3 is 2.76 bits per heavy atom. The molecule has 0 aliphatic rings. The highest BCUT2D eigenvalue weighted by atomic mass is 127. The van der Waals surface area contributed by atoms with Crippen molar-refractivity contribution >= 4 is 56.7 Å². The summed E-state index contributed by atoms with van der Waals surface area (Å²) in [5, 5.41) is 11.5. The van der Waals surface area contributed by atoms with E-state index in [2.05, 4.69) is 62.4 Å². The zero-order valence-electron chi connectivity index (χ0n) is 13.3. The summed E-state index contributed by atoms with van der Waals surface area (Å²) < 4.78 is 1.91. The van der Waals surface area contributed by atoms with Crippen LogP contribution < -0.4 is 5.32 Å². The van der Waals surface area contributed by atoms with Crippen LogP contribution in [0.25, 0.3) is 0 Å². The number of benzene rings is 2. The van der Waals surface area contributed by atoms with Gasteiger partial charge in [-0.15, -0.1) is 10.2 Å². The number of nitrogens with one attached hydrogen (secondary N) is 1. The van der Waals surface area contributed by atoms with E-state index in [1.165, 1.54) is 16.9 Å². The summed E-state index contributed by atoms with van der Waals surface area (Å²) in [6, 6.07) is 17.9. The van der Waals surface area contributed by atoms with E-state index in [9.17, 15) is 4.79 Å². The normalized spacial score (nSPS) is 10.6. The van der Waals surface area contributed by atoms with Crippen molar-refractivity contribution < 1.29 is 4.79 Å². The van der Waals surface area contributed by atoms with Gasteiger partial charge < -0.3 is 0 Å². The Kier molecular flexibility index (Phi) is 6.83. The summed E-state index contributed by atoms with van der Waals surface area (Å²) in [6.07, 6.45) is 2.14. The van der Waals surface area contributed by atoms with Gasteiger partial charge in [-0.25, -0.2) is 0 Å². The van der Waals surface area contributed by atoms with E-state index in [1.807, 2.05) is 24.3 Å². The lowest BCUT2D eigenvalue weighted by atomic mass is 10.1. The van der Waals surface area contributed by atoms with Crippen molar-refractivity contribution in [2.75, 3.05) is 11.1 Å². The lowest BCUT2D eigenvalue weighted by Crippen LogP contribution is -2.11. The molecule has 0 aliphatic carbocycles. The Bertz CT molecular complexity index is 839. The monoisotopic (exact) mass is 481 g/mol. The first-order valence-electron chi connectivity index (χ1n) is 7.78. The third kappa shape index (κ3) is 5.79. The number of thioether (sulfide) groups is 1. The second kappa shape index (κ2) is 9.30. The van der Waals surface area contributed by atoms with Crippen molar-refractivity contribution in [2.24, 2.45) is 0 Å². The minimum atomic E-state index is -0.157. The van der Waals surface area contributed by atoms with Gasteiger partial charge in [-0.1, -0.05) is 59.5 Å². The molecule has 1 amide bonds. The third-order valence-corrected chi connectivity index (χ3v) is 6.12. The van der Waals surface area contributed by atoms with E-state index >= 15 is 0 Å². The Labute approximate surface area is 168 Å². The van der Waals surface area contributed by atoms with Gasteiger partial charge in [-0.3, -0.25) is 10.1 Å². The first kappa shape index (κ1) is 18.3. The smallest absolute Gasteiger partial charge is 0.257 e. The molecular formula is C18H16IN3OS2. The molecule has 0 fully saturated rings. The summed E-state index contributed by atoms with van der Waals surface area (Å²) in [5.41, 5.74) is 1.98. The molecule has 0 unspecified atom stereocenters. The highest BCUT2D eigenvalue weighted by Gasteiger charge is 2.10. The number of anilines is 1. The molecule has 0 spiro atoms. The van der Waals surface area contributed by atoms with Crippen molar-refractivity contribution in [3.05, 3.63) is 69.3 Å². The van der Waals surface area contributed by atoms with Crippen LogP contribution in [-0.2, 0) is 6.42 Å². The number of halogens is 1. The molecular weight excluding hydrogens is 465 g/mol. The maximum absolute atomic E-state index is 12.2. The standard InChI is InChI=1S/C18H16IN3OS2/c19-15-10-4-9-14(12-15)16(23)20-17-21-22-18(25-17)24-11-5-8-13-6-2-1-3-7-13/h1-4,6-7,9-10,12H,5,8,11H2,(H,20,21,23). The molecule has 1 aromatic heterocycles. The van der Waals surface area contributed by atoms with Gasteiger partial charge in [-0.2, -0.15) is 0 Å². The van der Waals surface area contributed by atoms with Crippen LogP contribution in [0.3, 0.4) is 0 Å². The quantitative estimate of drug-likeness (QED) is 0.220. The molecule has 7 heteroatoms. The number of amides is 1. The number of carbonyl (C=O) groups is 1. The van der Waals surface area contributed by atoms with Crippen LogP contribution in [0.1, 0.15) is 22.3 Å². The molecule has 3 aromatic rings. The molecule has 1 heterocycles. The summed E-state index contributed by atoms with van der Waals surface area (Å²) in [5.74, 6) is 0.823. The fourth-order valence-corrected chi connectivity index (χ4v) is 4.50. The Balaban J connectivity index is 1.46. The maximum atomic E-state index is 12.2. The summed E-state index contributed by atoms with van der Waals surface area (Å²) in [6.45, 7) is 0. The molecule has 0 saturated heterocycles. The topological polar surface area (TPSA) is 54.9 Å². The van der Waals surface area contributed by atoms with E-state index in [4.69, 9.17) is 0 Å². The van der Waals surface area contributed by atoms with E-state index in [0.29, 0.717) is 10.7 Å². The number of rotatable bonds is 7. The van der Waals surface area contributed by atoms with Crippen LogP contribution >= 0.6 is 45.7 Å². The molecule has 0 radical (unpaired) electrons. The summed E-state index contributed by atoms with van der Waals surface area (Å²) in [4.78, 5) is 12.2. The van der Waals surface area contributed by atoms with Crippen molar-refractivity contribution in [3.8, 4) is 0 Å². The minimum absolute atomic E-state index is 0.157. The SMILES string of the molecule is O=C(Nc1nnc(SCCCc2ccccc2)s1)c1cccc(I)c1. The van der Waals surface area contributed by atoms with Gasteiger partial charge in [-0.05, 0) is 59.2 Å². The number of aromatic nitrogens is 2. The van der Waals surface area contributed by atoms with E-state index < -0.39 is 0 Å². The number of hydrogen-bond donors (Lipinski definition) is 1. The molecule has 0 saturated carbocycles. The molecule has 0 bridgehead atoms. The van der Waals surface area contributed by atoms with Crippen LogP contribution in [0.5, 0.6) is 0 Å². The van der Waals surface area contributed by atoms with Crippen LogP contribution in [-0.4, -0.2) is 21.9 Å². The van der Waals surface area contributed by atoms with Gasteiger partial charge in [0, 0.05) is 14.9 Å². The average molecular weight is 481 g/mol. The molecule has 128 valence electrons. The fraction of sp³-hybridized carbons (Fsp3) is 0.167. The third-order valence-electron chi connectivity index (χ3n) is 3.39. The zero-order chi connectivity index (χ0) is 17.5. The minimum Gasteiger partial charge on any atom is -0.296 e. The average Bonchev–Trinajstić information content (AvgIpc) is 3.07. The Morgan fingerprint density at radius 1 is 1.12 bits per heavy atom. The first-order valence-corrected chi connectivity index (χ1v) is 10.7. The van der Waals surface area contributed by atoms with Crippen molar-refractivity contribution in [2.45, 2.75) is 17.2 Å². The van der Waals surface area contributed by atoms with Crippen molar-refractivity contribution in [3.63, 3.8) is 0 Å². The Hall–Kier alpha value is -1.45. The number of hydrogen-bond acceptors (Lipinski definition) is 5. The van der Waals surface area contributed by atoms with Crippen molar-refractivity contribution in [1.82, 2.24) is 10.2 Å². The van der Waals surface area contributed by atoms with Crippen LogP contribution in [0.4, 0.5) is 5.13 Å². The predicted molar refractivity (Wildman–Crippen MR) is 113 cm³/mol. The molecule has 25 heavy (non-hydrogen) atoms. The van der Waals surface area contributed by atoms with Gasteiger partial charge in [0.05, 0.1) is 0 Å². The van der Waals surface area contributed by atoms with Gasteiger partial charge in [0.2, 0.25) is 5.13 Å². The van der Waals surface area contributed by atoms with Gasteiger partial charge in [0.15, 0.2) is 4.34 Å². The summed E-state index contributed by atoms with van der Waals surface area (Å²) >= 11 is 5.28. The van der Waals surface area contributed by atoms with E-state index in [-0.39, 0.29) is 5.91 Å². The highest BCUT2D eigenvalue weighted by molar-refractivity contribution is 14.1. The van der Waals surface area contributed by atoms with Crippen molar-refractivity contribution in [1.29, 1.82) is 0 Å². The number of aryl methyl sites for hydroxylation is 1. The molecule has 2 aromatic carbocycles. The second-order valence-corrected chi connectivity index (χ2v) is 8.84. The van der Waals surface area contributed by atoms with E-state index in [0.717, 1.165) is 26.5 Å². The maximum Gasteiger partial charge on any atom is 0.257 e. The van der Waals surface area contributed by atoms with E-state index in [1.54, 1.807) is 17.8 Å². The van der Waals surface area contributed by atoms with Crippen LogP contribution in [0.2, 0.25) is 0 Å². The Morgan fingerprint density at radius 2 is 1.96 bits per heavy atom. The van der Waals surface area contributed by atoms with Crippen LogP contribution in [0, 0.1) is 3.57 Å². The molecule has 0 aliphatic heterocycles. The lowest BCUT2D eigenvalue weighted by Gasteiger charge is -2.01. The molecule has 4 nitrogen and oxygen atoms in total. The fourth-order valence-electron chi connectivity index (χ4n) is 2.20. The van der Waals surface area contributed by atoms with Gasteiger partial charge in [0.1, 0.15) is 0 Å². The predicted octanol–water partition coefficient (Wildman–Crippen LogP) is 5.12. The largest absolute Gasteiger partial charge is 0.296 e. The molecule has 3 rings (SSSR count).